The van der Waals surface area contributed by atoms with Crippen molar-refractivity contribution in [2.24, 2.45) is 5.92 Å². The molecular formula is C16H20BrNO. The Morgan fingerprint density at radius 3 is 2.89 bits per heavy atom. The van der Waals surface area contributed by atoms with Crippen LogP contribution in [0.3, 0.4) is 0 Å². The van der Waals surface area contributed by atoms with Crippen molar-refractivity contribution in [2.75, 3.05) is 6.54 Å². The van der Waals surface area contributed by atoms with Crippen molar-refractivity contribution in [1.82, 2.24) is 5.32 Å². The first-order chi connectivity index (χ1) is 9.25. The van der Waals surface area contributed by atoms with E-state index < -0.39 is 0 Å². The normalized spacial score (nSPS) is 23.5. The third kappa shape index (κ3) is 3.02. The molecule has 0 heterocycles. The topological polar surface area (TPSA) is 29.1 Å². The average Bonchev–Trinajstić information content (AvgIpc) is 3.28. The summed E-state index contributed by atoms with van der Waals surface area (Å²) in [5.74, 6) is 1.04. The van der Waals surface area contributed by atoms with Crippen molar-refractivity contribution in [3.63, 3.8) is 0 Å². The molecule has 2 atom stereocenters. The Morgan fingerprint density at radius 1 is 1.32 bits per heavy atom. The van der Waals surface area contributed by atoms with E-state index in [4.69, 9.17) is 0 Å². The molecule has 0 radical (unpaired) electrons. The molecule has 3 rings (SSSR count). The second-order valence-electron chi connectivity index (χ2n) is 5.74. The van der Waals surface area contributed by atoms with Crippen LogP contribution in [0.2, 0.25) is 0 Å². The molecule has 0 aromatic heterocycles. The van der Waals surface area contributed by atoms with Crippen LogP contribution in [-0.4, -0.2) is 17.3 Å². The van der Waals surface area contributed by atoms with Crippen LogP contribution in [0.4, 0.5) is 0 Å². The van der Waals surface area contributed by atoms with Crippen LogP contribution in [0.5, 0.6) is 0 Å². The number of benzene rings is 1. The van der Waals surface area contributed by atoms with Gasteiger partial charge in [-0.3, -0.25) is 4.79 Å². The van der Waals surface area contributed by atoms with Gasteiger partial charge in [0.25, 0.3) is 0 Å². The number of hydrogen-bond donors (Lipinski definition) is 1. The molecule has 2 unspecified atom stereocenters. The number of nitrogens with one attached hydrogen (secondary N) is 1. The summed E-state index contributed by atoms with van der Waals surface area (Å²) >= 11 is 3.67. The number of carbonyl (C=O) groups is 1. The zero-order valence-electron chi connectivity index (χ0n) is 11.1. The van der Waals surface area contributed by atoms with Crippen molar-refractivity contribution < 1.29 is 4.79 Å². The van der Waals surface area contributed by atoms with E-state index in [1.807, 2.05) is 6.07 Å². The van der Waals surface area contributed by atoms with Gasteiger partial charge in [0.15, 0.2) is 0 Å². The maximum atomic E-state index is 12.4. The van der Waals surface area contributed by atoms with Gasteiger partial charge in [-0.05, 0) is 49.1 Å². The molecule has 2 aliphatic carbocycles. The van der Waals surface area contributed by atoms with Gasteiger partial charge in [-0.15, -0.1) is 0 Å². The molecule has 1 saturated carbocycles. The van der Waals surface area contributed by atoms with Gasteiger partial charge in [-0.25, -0.2) is 0 Å². The lowest BCUT2D eigenvalue weighted by Gasteiger charge is -2.25. The molecular weight excluding hydrogens is 302 g/mol. The van der Waals surface area contributed by atoms with Crippen molar-refractivity contribution in [3.8, 4) is 0 Å². The predicted octanol–water partition coefficient (Wildman–Crippen LogP) is 3.40. The molecule has 1 fully saturated rings. The van der Waals surface area contributed by atoms with Crippen molar-refractivity contribution in [3.05, 3.63) is 35.4 Å². The standard InChI is InChI=1S/C16H20BrNO/c17-15(12-8-9-12)10-18-16(19)14-7-3-5-11-4-1-2-6-13(11)14/h1-2,4,6,12,14-15H,3,5,7-10H2,(H,18,19). The first-order valence-electron chi connectivity index (χ1n) is 7.25. The van der Waals surface area contributed by atoms with Crippen LogP contribution in [0, 0.1) is 5.92 Å². The third-order valence-electron chi connectivity index (χ3n) is 4.29. The summed E-state index contributed by atoms with van der Waals surface area (Å²) in [7, 11) is 0. The highest BCUT2D eigenvalue weighted by molar-refractivity contribution is 9.09. The minimum atomic E-state index is 0.0591. The molecule has 1 N–H and O–H groups in total. The SMILES string of the molecule is O=C(NCC(Br)C1CC1)C1CCCc2ccccc21. The highest BCUT2D eigenvalue weighted by Gasteiger charge is 2.31. The summed E-state index contributed by atoms with van der Waals surface area (Å²) in [6, 6.07) is 8.39. The molecule has 0 saturated heterocycles. The summed E-state index contributed by atoms with van der Waals surface area (Å²) in [6.07, 6.45) is 5.83. The van der Waals surface area contributed by atoms with Gasteiger partial charge in [0.05, 0.1) is 5.92 Å². The number of alkyl halides is 1. The summed E-state index contributed by atoms with van der Waals surface area (Å²) in [5, 5.41) is 3.13. The van der Waals surface area contributed by atoms with E-state index in [0.29, 0.717) is 4.83 Å². The minimum absolute atomic E-state index is 0.0591. The summed E-state index contributed by atoms with van der Waals surface area (Å²) in [5.41, 5.74) is 2.59. The number of carbonyl (C=O) groups excluding carboxylic acids is 1. The molecule has 0 spiro atoms. The fourth-order valence-corrected chi connectivity index (χ4v) is 3.66. The largest absolute Gasteiger partial charge is 0.354 e. The molecule has 3 heteroatoms. The summed E-state index contributed by atoms with van der Waals surface area (Å²) in [4.78, 5) is 12.8. The quantitative estimate of drug-likeness (QED) is 0.846. The van der Waals surface area contributed by atoms with Gasteiger partial charge in [-0.1, -0.05) is 40.2 Å². The lowest BCUT2D eigenvalue weighted by Crippen LogP contribution is -2.35. The Balaban J connectivity index is 1.63. The van der Waals surface area contributed by atoms with Crippen LogP contribution >= 0.6 is 15.9 Å². The van der Waals surface area contributed by atoms with Crippen molar-refractivity contribution in [2.45, 2.75) is 42.8 Å². The van der Waals surface area contributed by atoms with Crippen LogP contribution < -0.4 is 5.32 Å². The fraction of sp³-hybridized carbons (Fsp3) is 0.562. The highest BCUT2D eigenvalue weighted by atomic mass is 79.9. The van der Waals surface area contributed by atoms with E-state index in [2.05, 4.69) is 39.4 Å². The fourth-order valence-electron chi connectivity index (χ4n) is 2.97. The zero-order chi connectivity index (χ0) is 13.2. The number of hydrogen-bond acceptors (Lipinski definition) is 1. The van der Waals surface area contributed by atoms with Gasteiger partial charge >= 0.3 is 0 Å². The Hall–Kier alpha value is -0.830. The van der Waals surface area contributed by atoms with Gasteiger partial charge in [0, 0.05) is 11.4 Å². The number of rotatable bonds is 4. The molecule has 1 aromatic rings. The Morgan fingerprint density at radius 2 is 2.11 bits per heavy atom. The van der Waals surface area contributed by atoms with E-state index in [0.717, 1.165) is 31.7 Å². The Bertz CT molecular complexity index is 470. The molecule has 1 amide bonds. The maximum Gasteiger partial charge on any atom is 0.227 e. The monoisotopic (exact) mass is 321 g/mol. The molecule has 102 valence electrons. The van der Waals surface area contributed by atoms with Gasteiger partial charge < -0.3 is 5.32 Å². The number of aryl methyl sites for hydroxylation is 1. The zero-order valence-corrected chi connectivity index (χ0v) is 12.7. The maximum absolute atomic E-state index is 12.4. The second kappa shape index (κ2) is 5.66. The molecule has 2 aliphatic rings. The van der Waals surface area contributed by atoms with E-state index in [-0.39, 0.29) is 11.8 Å². The van der Waals surface area contributed by atoms with Gasteiger partial charge in [-0.2, -0.15) is 0 Å². The third-order valence-corrected chi connectivity index (χ3v) is 5.36. The Kier molecular flexibility index (Phi) is 3.92. The molecule has 2 nitrogen and oxygen atoms in total. The van der Waals surface area contributed by atoms with E-state index in [1.54, 1.807) is 0 Å². The first-order valence-corrected chi connectivity index (χ1v) is 8.17. The van der Waals surface area contributed by atoms with Crippen molar-refractivity contribution in [1.29, 1.82) is 0 Å². The van der Waals surface area contributed by atoms with Crippen LogP contribution in [0.1, 0.15) is 42.7 Å². The van der Waals surface area contributed by atoms with E-state index in [9.17, 15) is 4.79 Å². The lowest BCUT2D eigenvalue weighted by molar-refractivity contribution is -0.122. The van der Waals surface area contributed by atoms with Crippen LogP contribution in [0.25, 0.3) is 0 Å². The molecule has 19 heavy (non-hydrogen) atoms. The summed E-state index contributed by atoms with van der Waals surface area (Å²) in [6.45, 7) is 0.766. The average molecular weight is 322 g/mol. The van der Waals surface area contributed by atoms with E-state index in [1.165, 1.54) is 24.0 Å². The lowest BCUT2D eigenvalue weighted by atomic mass is 9.82. The molecule has 0 aliphatic heterocycles. The van der Waals surface area contributed by atoms with Crippen LogP contribution in [-0.2, 0) is 11.2 Å². The number of halogens is 1. The highest BCUT2D eigenvalue weighted by Crippen LogP contribution is 2.36. The van der Waals surface area contributed by atoms with Crippen molar-refractivity contribution >= 4 is 21.8 Å². The second-order valence-corrected chi connectivity index (χ2v) is 6.92. The predicted molar refractivity (Wildman–Crippen MR) is 80.6 cm³/mol. The van der Waals surface area contributed by atoms with Gasteiger partial charge in [0.2, 0.25) is 5.91 Å². The van der Waals surface area contributed by atoms with Gasteiger partial charge in [0.1, 0.15) is 0 Å². The molecule has 1 aromatic carbocycles. The molecule has 0 bridgehead atoms. The number of amides is 1. The van der Waals surface area contributed by atoms with E-state index >= 15 is 0 Å². The number of fused-ring (bicyclic) bond motifs is 1. The Labute approximate surface area is 123 Å². The first kappa shape index (κ1) is 13.2. The van der Waals surface area contributed by atoms with Crippen LogP contribution in [0.15, 0.2) is 24.3 Å². The summed E-state index contributed by atoms with van der Waals surface area (Å²) < 4.78 is 0. The minimum Gasteiger partial charge on any atom is -0.354 e. The smallest absolute Gasteiger partial charge is 0.227 e.